The van der Waals surface area contributed by atoms with Crippen molar-refractivity contribution >= 4 is 0 Å². The van der Waals surface area contributed by atoms with Crippen LogP contribution in [0.25, 0.3) is 0 Å². The van der Waals surface area contributed by atoms with Crippen LogP contribution in [0.5, 0.6) is 0 Å². The van der Waals surface area contributed by atoms with Crippen molar-refractivity contribution in [2.45, 2.75) is 33.1 Å². The summed E-state index contributed by atoms with van der Waals surface area (Å²) in [5, 5.41) is 8.80. The molecule has 68 valence electrons. The highest BCUT2D eigenvalue weighted by Crippen LogP contribution is 2.23. The van der Waals surface area contributed by atoms with Gasteiger partial charge in [0.2, 0.25) is 0 Å². The van der Waals surface area contributed by atoms with Crippen LogP contribution >= 0.6 is 0 Å². The first-order valence-electron chi connectivity index (χ1n) is 4.46. The standard InChI is InChI=1S/C12H15N/c1-9-5-10(8-13)7-11(6-9)12(2,3)4/h5-7H,1-4H3. The van der Waals surface area contributed by atoms with E-state index in [1.165, 1.54) is 5.56 Å². The van der Waals surface area contributed by atoms with Gasteiger partial charge in [0.25, 0.3) is 0 Å². The summed E-state index contributed by atoms with van der Waals surface area (Å²) in [6, 6.07) is 8.20. The first-order chi connectivity index (χ1) is 5.93. The largest absolute Gasteiger partial charge is 0.192 e. The normalized spacial score (nSPS) is 11.0. The van der Waals surface area contributed by atoms with E-state index >= 15 is 0 Å². The highest BCUT2D eigenvalue weighted by atomic mass is 14.2. The van der Waals surface area contributed by atoms with E-state index < -0.39 is 0 Å². The zero-order valence-electron chi connectivity index (χ0n) is 8.68. The Hall–Kier alpha value is -1.29. The third-order valence-corrected chi connectivity index (χ3v) is 2.07. The molecule has 0 atom stereocenters. The molecule has 1 aromatic carbocycles. The molecule has 0 heterocycles. The molecule has 0 amide bonds. The second-order valence-corrected chi connectivity index (χ2v) is 4.45. The molecule has 0 unspecified atom stereocenters. The summed E-state index contributed by atoms with van der Waals surface area (Å²) in [4.78, 5) is 0. The highest BCUT2D eigenvalue weighted by molar-refractivity contribution is 5.39. The monoisotopic (exact) mass is 173 g/mol. The summed E-state index contributed by atoms with van der Waals surface area (Å²) in [5.41, 5.74) is 3.26. The first-order valence-corrected chi connectivity index (χ1v) is 4.46. The van der Waals surface area contributed by atoms with Gasteiger partial charge in [-0.2, -0.15) is 5.26 Å². The zero-order chi connectivity index (χ0) is 10.1. The van der Waals surface area contributed by atoms with Gasteiger partial charge in [-0.3, -0.25) is 0 Å². The Morgan fingerprint density at radius 2 is 1.77 bits per heavy atom. The molecule has 0 aromatic heterocycles. The van der Waals surface area contributed by atoms with Gasteiger partial charge in [0, 0.05) is 0 Å². The maximum atomic E-state index is 8.80. The molecule has 1 aromatic rings. The Balaban J connectivity index is 3.26. The molecule has 0 aliphatic rings. The van der Waals surface area contributed by atoms with Crippen LogP contribution in [0.3, 0.4) is 0 Å². The Bertz CT molecular complexity index is 350. The Morgan fingerprint density at radius 3 is 2.23 bits per heavy atom. The van der Waals surface area contributed by atoms with E-state index in [1.807, 2.05) is 19.1 Å². The van der Waals surface area contributed by atoms with E-state index in [9.17, 15) is 0 Å². The van der Waals surface area contributed by atoms with Crippen LogP contribution in [0.4, 0.5) is 0 Å². The predicted octanol–water partition coefficient (Wildman–Crippen LogP) is 3.16. The summed E-state index contributed by atoms with van der Waals surface area (Å²) in [6.45, 7) is 8.49. The number of rotatable bonds is 0. The minimum atomic E-state index is 0.123. The number of hydrogen-bond donors (Lipinski definition) is 0. The number of aryl methyl sites for hydroxylation is 1. The van der Waals surface area contributed by atoms with Crippen molar-refractivity contribution in [2.75, 3.05) is 0 Å². The average Bonchev–Trinajstić information content (AvgIpc) is 2.01. The van der Waals surface area contributed by atoms with Gasteiger partial charge in [-0.15, -0.1) is 0 Å². The summed E-state index contributed by atoms with van der Waals surface area (Å²) in [7, 11) is 0. The lowest BCUT2D eigenvalue weighted by molar-refractivity contribution is 0.589. The maximum Gasteiger partial charge on any atom is 0.0991 e. The third-order valence-electron chi connectivity index (χ3n) is 2.07. The summed E-state index contributed by atoms with van der Waals surface area (Å²) >= 11 is 0. The van der Waals surface area contributed by atoms with Gasteiger partial charge in [-0.1, -0.05) is 26.8 Å². The second-order valence-electron chi connectivity index (χ2n) is 4.45. The van der Waals surface area contributed by atoms with Crippen molar-refractivity contribution in [1.29, 1.82) is 5.26 Å². The van der Waals surface area contributed by atoms with Crippen LogP contribution in [0.2, 0.25) is 0 Å². The number of nitrogens with zero attached hydrogens (tertiary/aromatic N) is 1. The van der Waals surface area contributed by atoms with Gasteiger partial charge in [0.05, 0.1) is 11.6 Å². The van der Waals surface area contributed by atoms with Crippen LogP contribution in [-0.2, 0) is 5.41 Å². The minimum Gasteiger partial charge on any atom is -0.192 e. The lowest BCUT2D eigenvalue weighted by Gasteiger charge is -2.19. The Kier molecular flexibility index (Phi) is 2.43. The second kappa shape index (κ2) is 3.22. The molecule has 0 radical (unpaired) electrons. The molecule has 0 aliphatic carbocycles. The van der Waals surface area contributed by atoms with E-state index in [0.717, 1.165) is 11.1 Å². The van der Waals surface area contributed by atoms with Crippen molar-refractivity contribution in [3.05, 3.63) is 34.9 Å². The lowest BCUT2D eigenvalue weighted by Crippen LogP contribution is -2.11. The fourth-order valence-corrected chi connectivity index (χ4v) is 1.28. The van der Waals surface area contributed by atoms with E-state index in [0.29, 0.717) is 0 Å². The van der Waals surface area contributed by atoms with Crippen LogP contribution in [0.1, 0.15) is 37.5 Å². The van der Waals surface area contributed by atoms with Gasteiger partial charge in [0.1, 0.15) is 0 Å². The molecular weight excluding hydrogens is 158 g/mol. The van der Waals surface area contributed by atoms with Crippen LogP contribution in [0.15, 0.2) is 18.2 Å². The van der Waals surface area contributed by atoms with Gasteiger partial charge >= 0.3 is 0 Å². The van der Waals surface area contributed by atoms with E-state index in [1.54, 1.807) is 0 Å². The SMILES string of the molecule is Cc1cc(C#N)cc(C(C)(C)C)c1. The van der Waals surface area contributed by atoms with Crippen LogP contribution in [-0.4, -0.2) is 0 Å². The molecule has 0 fully saturated rings. The maximum absolute atomic E-state index is 8.80. The molecule has 0 saturated carbocycles. The quantitative estimate of drug-likeness (QED) is 0.591. The fraction of sp³-hybridized carbons (Fsp3) is 0.417. The van der Waals surface area contributed by atoms with Gasteiger partial charge in [-0.05, 0) is 35.6 Å². The molecule has 1 nitrogen and oxygen atoms in total. The predicted molar refractivity (Wildman–Crippen MR) is 54.6 cm³/mol. The van der Waals surface area contributed by atoms with Gasteiger partial charge < -0.3 is 0 Å². The molecule has 13 heavy (non-hydrogen) atoms. The van der Waals surface area contributed by atoms with Crippen LogP contribution in [0, 0.1) is 18.3 Å². The van der Waals surface area contributed by atoms with Crippen molar-refractivity contribution in [1.82, 2.24) is 0 Å². The van der Waals surface area contributed by atoms with Gasteiger partial charge in [0.15, 0.2) is 0 Å². The minimum absolute atomic E-state index is 0.123. The number of benzene rings is 1. The fourth-order valence-electron chi connectivity index (χ4n) is 1.28. The van der Waals surface area contributed by atoms with E-state index in [2.05, 4.69) is 32.9 Å². The van der Waals surface area contributed by atoms with Crippen LogP contribution < -0.4 is 0 Å². The van der Waals surface area contributed by atoms with Crippen molar-refractivity contribution < 1.29 is 0 Å². The smallest absolute Gasteiger partial charge is 0.0991 e. The first kappa shape index (κ1) is 9.80. The molecule has 0 spiro atoms. The van der Waals surface area contributed by atoms with Crippen molar-refractivity contribution in [3.63, 3.8) is 0 Å². The Morgan fingerprint density at radius 1 is 1.15 bits per heavy atom. The summed E-state index contributed by atoms with van der Waals surface area (Å²) < 4.78 is 0. The molecule has 0 saturated heterocycles. The molecule has 1 rings (SSSR count). The topological polar surface area (TPSA) is 23.8 Å². The van der Waals surface area contributed by atoms with Crippen molar-refractivity contribution in [3.8, 4) is 6.07 Å². The van der Waals surface area contributed by atoms with E-state index in [-0.39, 0.29) is 5.41 Å². The molecule has 0 aliphatic heterocycles. The summed E-state index contributed by atoms with van der Waals surface area (Å²) in [5.74, 6) is 0. The third kappa shape index (κ3) is 2.32. The highest BCUT2D eigenvalue weighted by Gasteiger charge is 2.14. The molecular formula is C12H15N. The summed E-state index contributed by atoms with van der Waals surface area (Å²) in [6.07, 6.45) is 0. The molecule has 0 bridgehead atoms. The zero-order valence-corrected chi connectivity index (χ0v) is 8.68. The number of hydrogen-bond acceptors (Lipinski definition) is 1. The Labute approximate surface area is 80.0 Å². The molecule has 0 N–H and O–H groups in total. The molecule has 1 heteroatoms. The van der Waals surface area contributed by atoms with Gasteiger partial charge in [-0.25, -0.2) is 0 Å². The average molecular weight is 173 g/mol. The van der Waals surface area contributed by atoms with E-state index in [4.69, 9.17) is 5.26 Å². The number of nitriles is 1. The van der Waals surface area contributed by atoms with Crippen molar-refractivity contribution in [2.24, 2.45) is 0 Å². The lowest BCUT2D eigenvalue weighted by atomic mass is 9.85.